The molecular weight excluding hydrogens is 421 g/mol. The van der Waals surface area contributed by atoms with Crippen molar-refractivity contribution < 1.29 is 13.9 Å². The molecule has 3 aromatic carbocycles. The van der Waals surface area contributed by atoms with Gasteiger partial charge in [0.05, 0.1) is 7.11 Å². The number of furan rings is 1. The number of rotatable bonds is 4. The van der Waals surface area contributed by atoms with Crippen LogP contribution in [0.4, 0.5) is 0 Å². The first-order chi connectivity index (χ1) is 14.6. The lowest BCUT2D eigenvalue weighted by Gasteiger charge is -2.19. The standard InChI is InChI=1S/C24H19Cl2NO3/c1-29-21-10-9-15(23-16-5-2-3-8-20(16)30-24(21)23)14-11-22(28)27(12-14)13-17-18(25)6-4-7-19(17)26/h2-10,14H,11-13H2,1H3. The molecule has 1 atom stereocenters. The number of ether oxygens (including phenoxy) is 1. The molecule has 1 fully saturated rings. The summed E-state index contributed by atoms with van der Waals surface area (Å²) in [4.78, 5) is 14.7. The fraction of sp³-hybridized carbons (Fsp3) is 0.208. The van der Waals surface area contributed by atoms with Gasteiger partial charge in [-0.3, -0.25) is 4.79 Å². The molecule has 2 heterocycles. The number of para-hydroxylation sites is 1. The van der Waals surface area contributed by atoms with E-state index < -0.39 is 0 Å². The summed E-state index contributed by atoms with van der Waals surface area (Å²) in [7, 11) is 1.63. The molecule has 0 radical (unpaired) electrons. The number of amides is 1. The normalized spacial score (nSPS) is 16.7. The molecule has 1 saturated heterocycles. The molecule has 1 unspecified atom stereocenters. The van der Waals surface area contributed by atoms with Crippen molar-refractivity contribution in [1.29, 1.82) is 0 Å². The molecule has 4 nitrogen and oxygen atoms in total. The van der Waals surface area contributed by atoms with Crippen LogP contribution in [-0.4, -0.2) is 24.5 Å². The molecule has 152 valence electrons. The van der Waals surface area contributed by atoms with Crippen LogP contribution >= 0.6 is 23.2 Å². The van der Waals surface area contributed by atoms with Gasteiger partial charge < -0.3 is 14.1 Å². The predicted octanol–water partition coefficient (Wildman–Crippen LogP) is 6.42. The van der Waals surface area contributed by atoms with Gasteiger partial charge in [-0.25, -0.2) is 0 Å². The van der Waals surface area contributed by atoms with E-state index in [4.69, 9.17) is 32.4 Å². The Balaban J connectivity index is 1.54. The lowest BCUT2D eigenvalue weighted by atomic mass is 9.93. The van der Waals surface area contributed by atoms with Crippen molar-refractivity contribution in [3.05, 3.63) is 75.8 Å². The Bertz CT molecular complexity index is 1260. The Labute approximate surface area is 183 Å². The number of halogens is 2. The van der Waals surface area contributed by atoms with Gasteiger partial charge in [0.2, 0.25) is 5.91 Å². The van der Waals surface area contributed by atoms with E-state index in [9.17, 15) is 4.79 Å². The first-order valence-corrected chi connectivity index (χ1v) is 10.5. The second kappa shape index (κ2) is 7.53. The zero-order valence-electron chi connectivity index (χ0n) is 16.3. The first kappa shape index (κ1) is 19.3. The molecule has 4 aromatic rings. The molecule has 1 aromatic heterocycles. The van der Waals surface area contributed by atoms with Crippen molar-refractivity contribution in [2.75, 3.05) is 13.7 Å². The summed E-state index contributed by atoms with van der Waals surface area (Å²) in [6.07, 6.45) is 0.434. The highest BCUT2D eigenvalue weighted by Gasteiger charge is 2.33. The number of fused-ring (bicyclic) bond motifs is 3. The van der Waals surface area contributed by atoms with Crippen molar-refractivity contribution in [1.82, 2.24) is 4.90 Å². The average molecular weight is 440 g/mol. The lowest BCUT2D eigenvalue weighted by Crippen LogP contribution is -2.24. The quantitative estimate of drug-likeness (QED) is 0.368. The zero-order valence-corrected chi connectivity index (χ0v) is 17.8. The van der Waals surface area contributed by atoms with Gasteiger partial charge in [0.25, 0.3) is 0 Å². The number of carbonyl (C=O) groups excluding carboxylic acids is 1. The summed E-state index contributed by atoms with van der Waals surface area (Å²) in [5.41, 5.74) is 3.40. The first-order valence-electron chi connectivity index (χ1n) is 9.75. The lowest BCUT2D eigenvalue weighted by molar-refractivity contribution is -0.128. The van der Waals surface area contributed by atoms with E-state index in [-0.39, 0.29) is 11.8 Å². The van der Waals surface area contributed by atoms with Crippen molar-refractivity contribution in [2.24, 2.45) is 0 Å². The maximum atomic E-state index is 12.8. The summed E-state index contributed by atoms with van der Waals surface area (Å²) < 4.78 is 11.6. The molecule has 0 aliphatic carbocycles. The molecule has 1 aliphatic heterocycles. The van der Waals surface area contributed by atoms with Crippen molar-refractivity contribution in [3.63, 3.8) is 0 Å². The van der Waals surface area contributed by atoms with Crippen LogP contribution in [0, 0.1) is 0 Å². The van der Waals surface area contributed by atoms with E-state index in [0.717, 1.165) is 33.1 Å². The SMILES string of the molecule is COc1ccc(C2CC(=O)N(Cc3c(Cl)cccc3Cl)C2)c2c1oc1ccccc12. The summed E-state index contributed by atoms with van der Waals surface area (Å²) in [6, 6.07) is 17.3. The van der Waals surface area contributed by atoms with E-state index >= 15 is 0 Å². The minimum atomic E-state index is 0.0492. The number of likely N-dealkylation sites (tertiary alicyclic amines) is 1. The van der Waals surface area contributed by atoms with Crippen LogP contribution in [0.1, 0.15) is 23.5 Å². The molecular formula is C24H19Cl2NO3. The second-order valence-electron chi connectivity index (χ2n) is 7.53. The van der Waals surface area contributed by atoms with Gasteiger partial charge in [0, 0.05) is 51.8 Å². The van der Waals surface area contributed by atoms with Gasteiger partial charge in [0.15, 0.2) is 11.3 Å². The van der Waals surface area contributed by atoms with Crippen LogP contribution < -0.4 is 4.74 Å². The van der Waals surface area contributed by atoms with Crippen LogP contribution in [0.2, 0.25) is 10.0 Å². The minimum Gasteiger partial charge on any atom is -0.493 e. The Morgan fingerprint density at radius 1 is 1.07 bits per heavy atom. The number of nitrogens with zero attached hydrogens (tertiary/aromatic N) is 1. The summed E-state index contributed by atoms with van der Waals surface area (Å²) >= 11 is 12.6. The second-order valence-corrected chi connectivity index (χ2v) is 8.35. The number of methoxy groups -OCH3 is 1. The van der Waals surface area contributed by atoms with E-state index in [2.05, 4.69) is 0 Å². The molecule has 5 rings (SSSR count). The Hall–Kier alpha value is -2.69. The van der Waals surface area contributed by atoms with Crippen molar-refractivity contribution in [3.8, 4) is 5.75 Å². The minimum absolute atomic E-state index is 0.0492. The third kappa shape index (κ3) is 3.11. The number of benzene rings is 3. The Kier molecular flexibility index (Phi) is 4.84. The van der Waals surface area contributed by atoms with Crippen molar-refractivity contribution in [2.45, 2.75) is 18.9 Å². The molecule has 0 saturated carbocycles. The van der Waals surface area contributed by atoms with Gasteiger partial charge in [0.1, 0.15) is 5.58 Å². The number of hydrogen-bond donors (Lipinski definition) is 0. The molecule has 0 spiro atoms. The smallest absolute Gasteiger partial charge is 0.223 e. The molecule has 0 N–H and O–H groups in total. The molecule has 6 heteroatoms. The van der Waals surface area contributed by atoms with E-state index in [1.54, 1.807) is 25.3 Å². The largest absolute Gasteiger partial charge is 0.493 e. The zero-order chi connectivity index (χ0) is 20.8. The topological polar surface area (TPSA) is 42.7 Å². The summed E-state index contributed by atoms with van der Waals surface area (Å²) in [5.74, 6) is 0.829. The number of hydrogen-bond acceptors (Lipinski definition) is 3. The molecule has 1 amide bonds. The predicted molar refractivity (Wildman–Crippen MR) is 120 cm³/mol. The van der Waals surface area contributed by atoms with Gasteiger partial charge in [-0.2, -0.15) is 0 Å². The average Bonchev–Trinajstić information content (AvgIpc) is 3.31. The maximum absolute atomic E-state index is 12.8. The van der Waals surface area contributed by atoms with Gasteiger partial charge in [-0.1, -0.05) is 53.5 Å². The summed E-state index contributed by atoms with van der Waals surface area (Å²) in [5, 5.41) is 3.19. The Morgan fingerprint density at radius 2 is 1.83 bits per heavy atom. The Morgan fingerprint density at radius 3 is 2.60 bits per heavy atom. The fourth-order valence-corrected chi connectivity index (χ4v) is 4.86. The molecule has 30 heavy (non-hydrogen) atoms. The maximum Gasteiger partial charge on any atom is 0.223 e. The molecule has 0 bridgehead atoms. The third-order valence-corrected chi connectivity index (χ3v) is 6.52. The van der Waals surface area contributed by atoms with Crippen molar-refractivity contribution >= 4 is 51.0 Å². The summed E-state index contributed by atoms with van der Waals surface area (Å²) in [6.45, 7) is 1.00. The van der Waals surface area contributed by atoms with Crippen LogP contribution in [-0.2, 0) is 11.3 Å². The number of carbonyl (C=O) groups is 1. The third-order valence-electron chi connectivity index (χ3n) is 5.81. The van der Waals surface area contributed by atoms with E-state index in [1.165, 1.54) is 0 Å². The highest BCUT2D eigenvalue weighted by Crippen LogP contribution is 2.42. The van der Waals surface area contributed by atoms with Gasteiger partial charge in [-0.05, 0) is 29.8 Å². The highest BCUT2D eigenvalue weighted by molar-refractivity contribution is 6.36. The van der Waals surface area contributed by atoms with Gasteiger partial charge in [-0.15, -0.1) is 0 Å². The van der Waals surface area contributed by atoms with Crippen LogP contribution in [0.3, 0.4) is 0 Å². The van der Waals surface area contributed by atoms with Crippen LogP contribution in [0.5, 0.6) is 5.75 Å². The van der Waals surface area contributed by atoms with Crippen LogP contribution in [0.25, 0.3) is 21.9 Å². The van der Waals surface area contributed by atoms with Crippen LogP contribution in [0.15, 0.2) is 59.0 Å². The fourth-order valence-electron chi connectivity index (χ4n) is 4.34. The van der Waals surface area contributed by atoms with E-state index in [1.807, 2.05) is 41.3 Å². The van der Waals surface area contributed by atoms with E-state index in [0.29, 0.717) is 35.3 Å². The molecule has 1 aliphatic rings. The highest BCUT2D eigenvalue weighted by atomic mass is 35.5. The monoisotopic (exact) mass is 439 g/mol. The van der Waals surface area contributed by atoms with Gasteiger partial charge >= 0.3 is 0 Å².